The summed E-state index contributed by atoms with van der Waals surface area (Å²) in [7, 11) is 0. The Labute approximate surface area is 116 Å². The molecule has 0 aromatic carbocycles. The number of nitrogens with zero attached hydrogens (tertiary/aromatic N) is 2. The normalized spacial score (nSPS) is 19.1. The van der Waals surface area contributed by atoms with E-state index in [9.17, 15) is 5.11 Å². The zero-order valence-electron chi connectivity index (χ0n) is 12.3. The molecule has 0 heterocycles. The van der Waals surface area contributed by atoms with Gasteiger partial charge in [-0.2, -0.15) is 0 Å². The van der Waals surface area contributed by atoms with Crippen LogP contribution in [0.3, 0.4) is 0 Å². The molecule has 4 N–H and O–H groups in total. The molecule has 19 heavy (non-hydrogen) atoms. The molecular formula is C14H29N3O2. The predicted molar refractivity (Wildman–Crippen MR) is 77.3 cm³/mol. The first-order valence-electron chi connectivity index (χ1n) is 7.34. The minimum Gasteiger partial charge on any atom is -0.409 e. The van der Waals surface area contributed by atoms with Gasteiger partial charge in [-0.15, -0.1) is 0 Å². The molecule has 1 aliphatic carbocycles. The number of rotatable bonds is 7. The Kier molecular flexibility index (Phi) is 6.58. The Morgan fingerprint density at radius 3 is 2.42 bits per heavy atom. The van der Waals surface area contributed by atoms with Gasteiger partial charge in [0.15, 0.2) is 0 Å². The summed E-state index contributed by atoms with van der Waals surface area (Å²) in [5.41, 5.74) is 5.41. The second-order valence-electron chi connectivity index (χ2n) is 6.17. The first-order valence-corrected chi connectivity index (χ1v) is 7.34. The first kappa shape index (κ1) is 16.2. The molecule has 112 valence electrons. The number of amidine groups is 1. The predicted octanol–water partition coefficient (Wildman–Crippen LogP) is 1.78. The van der Waals surface area contributed by atoms with E-state index < -0.39 is 0 Å². The fraction of sp³-hybridized carbons (Fsp3) is 0.929. The number of aliphatic hydroxyl groups is 1. The number of oxime groups is 1. The van der Waals surface area contributed by atoms with Gasteiger partial charge in [-0.05, 0) is 25.8 Å². The average molecular weight is 271 g/mol. The summed E-state index contributed by atoms with van der Waals surface area (Å²) in [5, 5.41) is 21.1. The Balaban J connectivity index is 2.53. The Bertz CT molecular complexity index is 286. The summed E-state index contributed by atoms with van der Waals surface area (Å²) in [5.74, 6) is 0.278. The van der Waals surface area contributed by atoms with E-state index in [0.717, 1.165) is 19.5 Å². The Hall–Kier alpha value is -0.810. The van der Waals surface area contributed by atoms with E-state index in [2.05, 4.69) is 10.1 Å². The second-order valence-corrected chi connectivity index (χ2v) is 6.17. The lowest BCUT2D eigenvalue weighted by Gasteiger charge is -2.36. The quantitative estimate of drug-likeness (QED) is 0.285. The highest BCUT2D eigenvalue weighted by Crippen LogP contribution is 2.26. The maximum absolute atomic E-state index is 9.22. The molecule has 1 aliphatic rings. The van der Waals surface area contributed by atoms with Crippen LogP contribution >= 0.6 is 0 Å². The Morgan fingerprint density at radius 1 is 1.26 bits per heavy atom. The van der Waals surface area contributed by atoms with E-state index in [0.29, 0.717) is 6.04 Å². The molecule has 0 bridgehead atoms. The lowest BCUT2D eigenvalue weighted by Crippen LogP contribution is -2.42. The molecule has 5 nitrogen and oxygen atoms in total. The van der Waals surface area contributed by atoms with Crippen molar-refractivity contribution < 1.29 is 10.3 Å². The van der Waals surface area contributed by atoms with E-state index in [1.165, 1.54) is 32.1 Å². The second kappa shape index (κ2) is 7.70. The molecule has 0 aromatic rings. The highest BCUT2D eigenvalue weighted by molar-refractivity contribution is 5.85. The van der Waals surface area contributed by atoms with Gasteiger partial charge in [0.2, 0.25) is 0 Å². The van der Waals surface area contributed by atoms with Crippen molar-refractivity contribution in [3.8, 4) is 0 Å². The fourth-order valence-electron chi connectivity index (χ4n) is 2.74. The van der Waals surface area contributed by atoms with Crippen LogP contribution in [0.5, 0.6) is 0 Å². The van der Waals surface area contributed by atoms with Crippen LogP contribution in [-0.4, -0.2) is 46.8 Å². The van der Waals surface area contributed by atoms with Crippen LogP contribution in [0.25, 0.3) is 0 Å². The van der Waals surface area contributed by atoms with Crippen molar-refractivity contribution in [2.75, 3.05) is 19.7 Å². The minimum absolute atomic E-state index is 0.195. The molecule has 1 saturated carbocycles. The van der Waals surface area contributed by atoms with Gasteiger partial charge in [0.05, 0.1) is 6.61 Å². The topological polar surface area (TPSA) is 82.1 Å². The zero-order valence-corrected chi connectivity index (χ0v) is 12.3. The van der Waals surface area contributed by atoms with Crippen LogP contribution in [0.2, 0.25) is 0 Å². The van der Waals surface area contributed by atoms with Crippen molar-refractivity contribution in [1.29, 1.82) is 0 Å². The summed E-state index contributed by atoms with van der Waals surface area (Å²) in [6.45, 7) is 5.77. The monoisotopic (exact) mass is 271 g/mol. The first-order chi connectivity index (χ1) is 9.01. The standard InChI is InChI=1S/C14H29N3O2/c1-14(2,13(15)16-19)8-9-17(10-11-18)12-6-4-3-5-7-12/h12,18-19H,3-11H2,1-2H3,(H2,15,16). The molecular weight excluding hydrogens is 242 g/mol. The van der Waals surface area contributed by atoms with Gasteiger partial charge in [-0.25, -0.2) is 0 Å². The molecule has 0 radical (unpaired) electrons. The highest BCUT2D eigenvalue weighted by Gasteiger charge is 2.27. The maximum atomic E-state index is 9.22. The van der Waals surface area contributed by atoms with Crippen LogP contribution in [0.15, 0.2) is 5.16 Å². The van der Waals surface area contributed by atoms with Crippen molar-refractivity contribution in [3.63, 3.8) is 0 Å². The maximum Gasteiger partial charge on any atom is 0.144 e. The van der Waals surface area contributed by atoms with Crippen molar-refractivity contribution in [3.05, 3.63) is 0 Å². The van der Waals surface area contributed by atoms with E-state index in [1.807, 2.05) is 13.8 Å². The van der Waals surface area contributed by atoms with Gasteiger partial charge >= 0.3 is 0 Å². The summed E-state index contributed by atoms with van der Waals surface area (Å²) in [6, 6.07) is 0.587. The van der Waals surface area contributed by atoms with E-state index >= 15 is 0 Å². The third-order valence-corrected chi connectivity index (χ3v) is 4.30. The van der Waals surface area contributed by atoms with E-state index in [4.69, 9.17) is 10.9 Å². The summed E-state index contributed by atoms with van der Waals surface area (Å²) >= 11 is 0. The van der Waals surface area contributed by atoms with Crippen molar-refractivity contribution in [1.82, 2.24) is 4.90 Å². The van der Waals surface area contributed by atoms with Gasteiger partial charge in [0.1, 0.15) is 5.84 Å². The smallest absolute Gasteiger partial charge is 0.144 e. The molecule has 0 spiro atoms. The largest absolute Gasteiger partial charge is 0.409 e. The van der Waals surface area contributed by atoms with Gasteiger partial charge in [-0.1, -0.05) is 38.3 Å². The number of aliphatic hydroxyl groups excluding tert-OH is 1. The lowest BCUT2D eigenvalue weighted by atomic mass is 9.87. The number of hydrogen-bond acceptors (Lipinski definition) is 4. The van der Waals surface area contributed by atoms with E-state index in [-0.39, 0.29) is 17.9 Å². The van der Waals surface area contributed by atoms with Crippen LogP contribution in [0.1, 0.15) is 52.4 Å². The number of nitrogens with two attached hydrogens (primary N) is 1. The van der Waals surface area contributed by atoms with Crippen molar-refractivity contribution >= 4 is 5.84 Å². The highest BCUT2D eigenvalue weighted by atomic mass is 16.4. The van der Waals surface area contributed by atoms with Gasteiger partial charge < -0.3 is 16.0 Å². The van der Waals surface area contributed by atoms with Gasteiger partial charge in [0.25, 0.3) is 0 Å². The SMILES string of the molecule is CC(C)(CCN(CCO)C1CCCCC1)C(N)=NO. The summed E-state index contributed by atoms with van der Waals surface area (Å²) in [4.78, 5) is 2.37. The lowest BCUT2D eigenvalue weighted by molar-refractivity contribution is 0.114. The third kappa shape index (κ3) is 4.99. The van der Waals surface area contributed by atoms with Gasteiger partial charge in [-0.3, -0.25) is 4.90 Å². The Morgan fingerprint density at radius 2 is 1.89 bits per heavy atom. The van der Waals surface area contributed by atoms with E-state index in [1.54, 1.807) is 0 Å². The fourth-order valence-corrected chi connectivity index (χ4v) is 2.74. The van der Waals surface area contributed by atoms with Crippen LogP contribution in [-0.2, 0) is 0 Å². The molecule has 0 aliphatic heterocycles. The van der Waals surface area contributed by atoms with Gasteiger partial charge in [0, 0.05) is 18.0 Å². The van der Waals surface area contributed by atoms with Crippen molar-refractivity contribution in [2.45, 2.75) is 58.4 Å². The van der Waals surface area contributed by atoms with Crippen LogP contribution in [0.4, 0.5) is 0 Å². The summed E-state index contributed by atoms with van der Waals surface area (Å²) in [6.07, 6.45) is 7.19. The molecule has 0 saturated heterocycles. The minimum atomic E-state index is -0.308. The molecule has 1 fully saturated rings. The molecule has 5 heteroatoms. The number of hydrogen-bond donors (Lipinski definition) is 3. The molecule has 0 unspecified atom stereocenters. The molecule has 1 rings (SSSR count). The molecule has 0 aromatic heterocycles. The average Bonchev–Trinajstić information content (AvgIpc) is 2.43. The molecule has 0 amide bonds. The van der Waals surface area contributed by atoms with Crippen LogP contribution in [0, 0.1) is 5.41 Å². The zero-order chi connectivity index (χ0) is 14.3. The van der Waals surface area contributed by atoms with Crippen LogP contribution < -0.4 is 5.73 Å². The molecule has 0 atom stereocenters. The third-order valence-electron chi connectivity index (χ3n) is 4.30. The summed E-state index contributed by atoms with van der Waals surface area (Å²) < 4.78 is 0. The van der Waals surface area contributed by atoms with Crippen molar-refractivity contribution in [2.24, 2.45) is 16.3 Å².